The van der Waals surface area contributed by atoms with E-state index in [9.17, 15) is 9.59 Å². The first-order valence-electron chi connectivity index (χ1n) is 8.69. The zero-order valence-corrected chi connectivity index (χ0v) is 15.8. The molecule has 2 aromatic rings. The number of piperidine rings is 1. The second kappa shape index (κ2) is 8.31. The smallest absolute Gasteiger partial charge is 0.257 e. The minimum atomic E-state index is -0.0530. The van der Waals surface area contributed by atoms with Gasteiger partial charge in [0.2, 0.25) is 5.91 Å². The van der Waals surface area contributed by atoms with Crippen LogP contribution in [0.3, 0.4) is 0 Å². The Hall–Kier alpha value is -2.41. The van der Waals surface area contributed by atoms with Gasteiger partial charge in [-0.3, -0.25) is 9.59 Å². The molecule has 1 N–H and O–H groups in total. The Morgan fingerprint density at radius 2 is 2.04 bits per heavy atom. The van der Waals surface area contributed by atoms with Crippen LogP contribution in [0.5, 0.6) is 5.75 Å². The number of carbonyl (C=O) groups is 2. The van der Waals surface area contributed by atoms with Gasteiger partial charge in [-0.15, -0.1) is 11.3 Å². The van der Waals surface area contributed by atoms with Gasteiger partial charge >= 0.3 is 0 Å². The Morgan fingerprint density at radius 1 is 1.31 bits per heavy atom. The summed E-state index contributed by atoms with van der Waals surface area (Å²) in [4.78, 5) is 30.3. The van der Waals surface area contributed by atoms with Crippen LogP contribution < -0.4 is 10.1 Å². The molecule has 1 saturated heterocycles. The third-order valence-corrected chi connectivity index (χ3v) is 5.61. The fraction of sp³-hybridized carbons (Fsp3) is 0.421. The lowest BCUT2D eigenvalue weighted by Gasteiger charge is -2.31. The molecule has 1 aliphatic heterocycles. The van der Waals surface area contributed by atoms with Crippen LogP contribution >= 0.6 is 11.3 Å². The lowest BCUT2D eigenvalue weighted by atomic mass is 9.97. The van der Waals surface area contributed by atoms with E-state index in [0.29, 0.717) is 36.9 Å². The lowest BCUT2D eigenvalue weighted by molar-refractivity contribution is -0.119. The monoisotopic (exact) mass is 373 g/mol. The number of aromatic nitrogens is 1. The number of rotatable bonds is 5. The van der Waals surface area contributed by atoms with E-state index in [1.54, 1.807) is 18.4 Å². The van der Waals surface area contributed by atoms with Crippen molar-refractivity contribution in [2.75, 3.05) is 20.2 Å². The highest BCUT2D eigenvalue weighted by atomic mass is 32.1. The molecule has 1 aromatic carbocycles. The third-order valence-electron chi connectivity index (χ3n) is 4.56. The molecule has 0 aliphatic carbocycles. The molecule has 0 bridgehead atoms. The summed E-state index contributed by atoms with van der Waals surface area (Å²) in [5.74, 6) is 0.948. The van der Waals surface area contributed by atoms with Gasteiger partial charge < -0.3 is 15.0 Å². The van der Waals surface area contributed by atoms with Gasteiger partial charge in [0.25, 0.3) is 5.91 Å². The number of benzene rings is 1. The quantitative estimate of drug-likeness (QED) is 0.875. The predicted molar refractivity (Wildman–Crippen MR) is 101 cm³/mol. The van der Waals surface area contributed by atoms with Crippen LogP contribution in [-0.2, 0) is 11.3 Å². The number of ether oxygens (including phenoxy) is 1. The van der Waals surface area contributed by atoms with Crippen LogP contribution in [0.4, 0.5) is 0 Å². The van der Waals surface area contributed by atoms with Crippen molar-refractivity contribution >= 4 is 23.2 Å². The molecule has 7 heteroatoms. The van der Waals surface area contributed by atoms with E-state index in [1.165, 1.54) is 6.92 Å². The maximum absolute atomic E-state index is 12.8. The number of amides is 2. The number of methoxy groups -OCH3 is 1. The van der Waals surface area contributed by atoms with Crippen molar-refractivity contribution in [3.05, 3.63) is 45.9 Å². The second-order valence-corrected chi connectivity index (χ2v) is 7.24. The standard InChI is InChI=1S/C19H23N3O3S/c1-13(23)20-11-15-12-26-18(21-15)14-7-9-22(10-8-14)19(24)16-5-3-4-6-17(16)25-2/h3-6,12,14H,7-11H2,1-2H3,(H,20,23). The SMILES string of the molecule is COc1ccccc1C(=O)N1CCC(c2nc(CNC(C)=O)cs2)CC1. The first kappa shape index (κ1) is 18.4. The molecular weight excluding hydrogens is 350 g/mol. The third kappa shape index (κ3) is 4.22. The van der Waals surface area contributed by atoms with Gasteiger partial charge in [-0.05, 0) is 25.0 Å². The minimum Gasteiger partial charge on any atom is -0.496 e. The van der Waals surface area contributed by atoms with Crippen molar-refractivity contribution in [1.82, 2.24) is 15.2 Å². The number of likely N-dealkylation sites (tertiary alicyclic amines) is 1. The molecule has 1 fully saturated rings. The van der Waals surface area contributed by atoms with Crippen molar-refractivity contribution in [2.24, 2.45) is 0 Å². The number of hydrogen-bond donors (Lipinski definition) is 1. The molecular formula is C19H23N3O3S. The fourth-order valence-electron chi connectivity index (χ4n) is 3.13. The highest BCUT2D eigenvalue weighted by Crippen LogP contribution is 2.31. The molecule has 1 aromatic heterocycles. The van der Waals surface area contributed by atoms with Crippen LogP contribution in [-0.4, -0.2) is 41.9 Å². The first-order valence-corrected chi connectivity index (χ1v) is 9.57. The predicted octanol–water partition coefficient (Wildman–Crippen LogP) is 2.81. The van der Waals surface area contributed by atoms with E-state index in [4.69, 9.17) is 4.74 Å². The van der Waals surface area contributed by atoms with Crippen LogP contribution in [0.2, 0.25) is 0 Å². The summed E-state index contributed by atoms with van der Waals surface area (Å²) in [6, 6.07) is 7.34. The molecule has 6 nitrogen and oxygen atoms in total. The van der Waals surface area contributed by atoms with Gasteiger partial charge in [0.1, 0.15) is 5.75 Å². The van der Waals surface area contributed by atoms with Crippen molar-refractivity contribution in [3.8, 4) is 5.75 Å². The van der Waals surface area contributed by atoms with E-state index in [1.807, 2.05) is 34.5 Å². The van der Waals surface area contributed by atoms with Gasteiger partial charge in [0.15, 0.2) is 0 Å². The average Bonchev–Trinajstić information content (AvgIpc) is 3.15. The van der Waals surface area contributed by atoms with E-state index in [0.717, 1.165) is 23.5 Å². The maximum Gasteiger partial charge on any atom is 0.257 e. The molecule has 0 saturated carbocycles. The van der Waals surface area contributed by atoms with Gasteiger partial charge in [-0.2, -0.15) is 0 Å². The highest BCUT2D eigenvalue weighted by molar-refractivity contribution is 7.09. The summed E-state index contributed by atoms with van der Waals surface area (Å²) in [6.07, 6.45) is 1.79. The topological polar surface area (TPSA) is 71.5 Å². The fourth-order valence-corrected chi connectivity index (χ4v) is 4.12. The summed E-state index contributed by atoms with van der Waals surface area (Å²) >= 11 is 1.63. The number of carbonyl (C=O) groups excluding carboxylic acids is 2. The molecule has 138 valence electrons. The zero-order valence-electron chi connectivity index (χ0n) is 15.0. The van der Waals surface area contributed by atoms with Crippen LogP contribution in [0.15, 0.2) is 29.6 Å². The molecule has 0 spiro atoms. The van der Waals surface area contributed by atoms with E-state index in [-0.39, 0.29) is 11.8 Å². The van der Waals surface area contributed by atoms with Gasteiger partial charge in [0.05, 0.1) is 29.9 Å². The molecule has 2 amide bonds. The number of thiazole rings is 1. The largest absolute Gasteiger partial charge is 0.496 e. The summed E-state index contributed by atoms with van der Waals surface area (Å²) in [7, 11) is 1.58. The molecule has 26 heavy (non-hydrogen) atoms. The molecule has 2 heterocycles. The zero-order chi connectivity index (χ0) is 18.5. The lowest BCUT2D eigenvalue weighted by Crippen LogP contribution is -2.38. The van der Waals surface area contributed by atoms with Crippen molar-refractivity contribution in [2.45, 2.75) is 32.2 Å². The normalized spacial score (nSPS) is 14.9. The first-order chi connectivity index (χ1) is 12.6. The Bertz CT molecular complexity index is 782. The van der Waals surface area contributed by atoms with E-state index >= 15 is 0 Å². The maximum atomic E-state index is 12.8. The number of hydrogen-bond acceptors (Lipinski definition) is 5. The molecule has 1 aliphatic rings. The Balaban J connectivity index is 1.59. The van der Waals surface area contributed by atoms with Gasteiger partial charge in [-0.1, -0.05) is 12.1 Å². The van der Waals surface area contributed by atoms with Crippen LogP contribution in [0.1, 0.15) is 46.7 Å². The molecule has 0 atom stereocenters. The Morgan fingerprint density at radius 3 is 2.73 bits per heavy atom. The second-order valence-electron chi connectivity index (χ2n) is 6.35. The number of para-hydroxylation sites is 1. The van der Waals surface area contributed by atoms with Crippen LogP contribution in [0, 0.1) is 0 Å². The summed E-state index contributed by atoms with van der Waals surface area (Å²) in [5.41, 5.74) is 1.51. The van der Waals surface area contributed by atoms with Gasteiger partial charge in [-0.25, -0.2) is 4.98 Å². The van der Waals surface area contributed by atoms with Crippen LogP contribution in [0.25, 0.3) is 0 Å². The van der Waals surface area contributed by atoms with Gasteiger partial charge in [0, 0.05) is 31.3 Å². The Kier molecular flexibility index (Phi) is 5.88. The van der Waals surface area contributed by atoms with Crippen molar-refractivity contribution < 1.29 is 14.3 Å². The van der Waals surface area contributed by atoms with Crippen molar-refractivity contribution in [3.63, 3.8) is 0 Å². The summed E-state index contributed by atoms with van der Waals surface area (Å²) in [5, 5.41) is 5.86. The van der Waals surface area contributed by atoms with Crippen molar-refractivity contribution in [1.29, 1.82) is 0 Å². The molecule has 0 unspecified atom stereocenters. The summed E-state index contributed by atoms with van der Waals surface area (Å²) < 4.78 is 5.30. The van der Waals surface area contributed by atoms with E-state index < -0.39 is 0 Å². The molecule has 0 radical (unpaired) electrons. The number of nitrogens with zero attached hydrogens (tertiary/aromatic N) is 2. The number of nitrogens with one attached hydrogen (secondary N) is 1. The summed E-state index contributed by atoms with van der Waals surface area (Å²) in [6.45, 7) is 3.39. The Labute approximate surface area is 157 Å². The minimum absolute atomic E-state index is 0.0198. The average molecular weight is 373 g/mol. The van der Waals surface area contributed by atoms with E-state index in [2.05, 4.69) is 10.3 Å². The molecule has 3 rings (SSSR count). The highest BCUT2D eigenvalue weighted by Gasteiger charge is 2.27.